The first-order valence-corrected chi connectivity index (χ1v) is 11.9. The fourth-order valence-corrected chi connectivity index (χ4v) is 6.67. The van der Waals surface area contributed by atoms with Gasteiger partial charge in [0, 0.05) is 23.2 Å². The van der Waals surface area contributed by atoms with Gasteiger partial charge in [-0.3, -0.25) is 4.99 Å². The van der Waals surface area contributed by atoms with Crippen molar-refractivity contribution in [2.45, 2.75) is 16.0 Å². The molecule has 7 nitrogen and oxygen atoms in total. The van der Waals surface area contributed by atoms with Crippen molar-refractivity contribution < 1.29 is 16.8 Å². The zero-order valence-corrected chi connectivity index (χ0v) is 17.5. The van der Waals surface area contributed by atoms with Gasteiger partial charge in [-0.05, 0) is 12.1 Å². The molecule has 0 fully saturated rings. The molecule has 0 atom stereocenters. The zero-order valence-electron chi connectivity index (χ0n) is 13.5. The molecule has 140 valence electrons. The van der Waals surface area contributed by atoms with Gasteiger partial charge in [0.2, 0.25) is 5.96 Å². The molecule has 0 aliphatic carbocycles. The topological polar surface area (TPSA) is 105 Å². The standard InChI is InChI=1S/C14H13Cl2N3O4S3/c1-3-25(20,21)7-4-5-8(9(15)6-7)10-11-13(24-12(10)16)26(22,23)19-14(17-2)18-11/h4-6H,3H2,1-2H3,(H2,17,18,19). The summed E-state index contributed by atoms with van der Waals surface area (Å²) in [6.45, 7) is 1.54. The largest absolute Gasteiger partial charge is 0.323 e. The van der Waals surface area contributed by atoms with Crippen LogP contribution in [0, 0.1) is 0 Å². The number of aliphatic imine (C=N–C) groups is 1. The Morgan fingerprint density at radius 1 is 1.27 bits per heavy atom. The van der Waals surface area contributed by atoms with E-state index in [2.05, 4.69) is 15.0 Å². The average molecular weight is 454 g/mol. The van der Waals surface area contributed by atoms with E-state index in [-0.39, 0.29) is 35.9 Å². The van der Waals surface area contributed by atoms with E-state index in [4.69, 9.17) is 23.2 Å². The molecule has 1 aliphatic heterocycles. The smallest absolute Gasteiger partial charge is 0.275 e. The van der Waals surface area contributed by atoms with Gasteiger partial charge in [-0.15, -0.1) is 11.3 Å². The van der Waals surface area contributed by atoms with Crippen LogP contribution in [0.25, 0.3) is 11.1 Å². The molecule has 0 saturated carbocycles. The maximum Gasteiger partial charge on any atom is 0.275 e. The Balaban J connectivity index is 2.23. The van der Waals surface area contributed by atoms with Gasteiger partial charge in [-0.25, -0.2) is 21.6 Å². The Kier molecular flexibility index (Phi) is 4.99. The first-order valence-electron chi connectivity index (χ1n) is 7.22. The van der Waals surface area contributed by atoms with Gasteiger partial charge in [0.25, 0.3) is 10.0 Å². The monoisotopic (exact) mass is 453 g/mol. The van der Waals surface area contributed by atoms with Gasteiger partial charge in [0.05, 0.1) is 16.3 Å². The molecule has 1 aliphatic rings. The highest BCUT2D eigenvalue weighted by Gasteiger charge is 2.34. The predicted octanol–water partition coefficient (Wildman–Crippen LogP) is 3.21. The van der Waals surface area contributed by atoms with Crippen LogP contribution in [0.15, 0.2) is 32.3 Å². The highest BCUT2D eigenvalue weighted by atomic mass is 35.5. The van der Waals surface area contributed by atoms with Crippen molar-refractivity contribution in [3.8, 4) is 11.1 Å². The minimum atomic E-state index is -3.81. The quantitative estimate of drug-likeness (QED) is 0.741. The van der Waals surface area contributed by atoms with E-state index in [1.54, 1.807) is 0 Å². The molecule has 2 heterocycles. The molecular weight excluding hydrogens is 441 g/mol. The van der Waals surface area contributed by atoms with Crippen LogP contribution in [0.3, 0.4) is 0 Å². The number of fused-ring (bicyclic) bond motifs is 1. The van der Waals surface area contributed by atoms with Gasteiger partial charge in [0.15, 0.2) is 14.0 Å². The summed E-state index contributed by atoms with van der Waals surface area (Å²) < 4.78 is 51.3. The molecule has 3 rings (SSSR count). The molecule has 1 aromatic carbocycles. The molecule has 1 aromatic heterocycles. The van der Waals surface area contributed by atoms with E-state index in [1.165, 1.54) is 32.2 Å². The lowest BCUT2D eigenvalue weighted by Gasteiger charge is -2.19. The van der Waals surface area contributed by atoms with E-state index in [1.807, 2.05) is 0 Å². The van der Waals surface area contributed by atoms with Gasteiger partial charge in [-0.1, -0.05) is 36.2 Å². The molecule has 0 bridgehead atoms. The number of nitrogens with one attached hydrogen (secondary N) is 2. The van der Waals surface area contributed by atoms with Crippen molar-refractivity contribution in [1.29, 1.82) is 0 Å². The van der Waals surface area contributed by atoms with Gasteiger partial charge in [0.1, 0.15) is 4.34 Å². The lowest BCUT2D eigenvalue weighted by atomic mass is 10.1. The summed E-state index contributed by atoms with van der Waals surface area (Å²) in [7, 11) is -5.80. The predicted molar refractivity (Wildman–Crippen MR) is 105 cm³/mol. The van der Waals surface area contributed by atoms with Crippen molar-refractivity contribution in [1.82, 2.24) is 4.72 Å². The maximum absolute atomic E-state index is 12.4. The van der Waals surface area contributed by atoms with Crippen LogP contribution in [-0.2, 0) is 19.9 Å². The fourth-order valence-electron chi connectivity index (χ4n) is 2.40. The number of anilines is 1. The second-order valence-electron chi connectivity index (χ2n) is 5.26. The Labute approximate surface area is 165 Å². The number of benzene rings is 1. The van der Waals surface area contributed by atoms with Crippen molar-refractivity contribution in [3.05, 3.63) is 27.6 Å². The van der Waals surface area contributed by atoms with Gasteiger partial charge in [-0.2, -0.15) is 0 Å². The highest BCUT2D eigenvalue weighted by molar-refractivity contribution is 7.92. The first kappa shape index (κ1) is 19.4. The molecule has 2 N–H and O–H groups in total. The molecule has 0 spiro atoms. The van der Waals surface area contributed by atoms with Crippen molar-refractivity contribution in [2.75, 3.05) is 18.1 Å². The molecule has 0 amide bonds. The normalized spacial score (nSPS) is 17.5. The minimum absolute atomic E-state index is 0.00576. The number of hydrogen-bond donors (Lipinski definition) is 2. The number of nitrogens with zero attached hydrogens (tertiary/aromatic N) is 1. The van der Waals surface area contributed by atoms with Crippen LogP contribution in [0.4, 0.5) is 5.69 Å². The lowest BCUT2D eigenvalue weighted by Crippen LogP contribution is -2.39. The number of sulfonamides is 1. The molecule has 0 saturated heterocycles. The zero-order chi connectivity index (χ0) is 19.3. The molecule has 2 aromatic rings. The number of hydrogen-bond acceptors (Lipinski definition) is 6. The SMILES string of the molecule is CCS(=O)(=O)c1ccc(-c2c(Cl)sc3c2NC(=NC)NS3(=O)=O)c(Cl)c1. The van der Waals surface area contributed by atoms with E-state index >= 15 is 0 Å². The van der Waals surface area contributed by atoms with Crippen LogP contribution in [0.2, 0.25) is 9.36 Å². The van der Waals surface area contributed by atoms with Crippen LogP contribution in [0.5, 0.6) is 0 Å². The van der Waals surface area contributed by atoms with Crippen molar-refractivity contribution >= 4 is 66.0 Å². The summed E-state index contributed by atoms with van der Waals surface area (Å²) in [4.78, 5) is 3.92. The summed E-state index contributed by atoms with van der Waals surface area (Å²) >= 11 is 13.5. The number of halogens is 2. The molecule has 26 heavy (non-hydrogen) atoms. The van der Waals surface area contributed by atoms with Crippen molar-refractivity contribution in [3.63, 3.8) is 0 Å². The second-order valence-corrected chi connectivity index (χ2v) is 11.4. The summed E-state index contributed by atoms with van der Waals surface area (Å²) in [6.07, 6.45) is 0. The van der Waals surface area contributed by atoms with E-state index in [9.17, 15) is 16.8 Å². The van der Waals surface area contributed by atoms with Crippen LogP contribution < -0.4 is 10.0 Å². The molecule has 12 heteroatoms. The van der Waals surface area contributed by atoms with Gasteiger partial charge < -0.3 is 5.32 Å². The molecular formula is C14H13Cl2N3O4S3. The third-order valence-corrected chi connectivity index (χ3v) is 9.02. The second kappa shape index (κ2) is 6.68. The maximum atomic E-state index is 12.4. The summed E-state index contributed by atoms with van der Waals surface area (Å²) in [6, 6.07) is 4.27. The third-order valence-electron chi connectivity index (χ3n) is 3.72. The number of guanidine groups is 1. The summed E-state index contributed by atoms with van der Waals surface area (Å²) in [5.74, 6) is -0.00599. The van der Waals surface area contributed by atoms with E-state index in [0.717, 1.165) is 11.3 Å². The number of thiophene rings is 1. The van der Waals surface area contributed by atoms with Crippen molar-refractivity contribution in [2.24, 2.45) is 4.99 Å². The number of rotatable bonds is 3. The molecule has 0 unspecified atom stereocenters. The lowest BCUT2D eigenvalue weighted by molar-refractivity contribution is 0.593. The fraction of sp³-hybridized carbons (Fsp3) is 0.214. The van der Waals surface area contributed by atoms with Crippen LogP contribution >= 0.6 is 34.5 Å². The van der Waals surface area contributed by atoms with Crippen LogP contribution in [-0.4, -0.2) is 35.6 Å². The first-order chi connectivity index (χ1) is 12.1. The number of sulfone groups is 1. The Morgan fingerprint density at radius 3 is 2.54 bits per heavy atom. The third kappa shape index (κ3) is 3.20. The Hall–Kier alpha value is -1.33. The minimum Gasteiger partial charge on any atom is -0.323 e. The Morgan fingerprint density at radius 2 is 1.96 bits per heavy atom. The van der Waals surface area contributed by atoms with Gasteiger partial charge >= 0.3 is 0 Å². The van der Waals surface area contributed by atoms with E-state index in [0.29, 0.717) is 11.1 Å². The van der Waals surface area contributed by atoms with Crippen LogP contribution in [0.1, 0.15) is 6.92 Å². The van der Waals surface area contributed by atoms with E-state index < -0.39 is 19.9 Å². The highest BCUT2D eigenvalue weighted by Crippen LogP contribution is 2.49. The average Bonchev–Trinajstić information content (AvgIpc) is 2.91. The summed E-state index contributed by atoms with van der Waals surface area (Å²) in [5.41, 5.74) is 1.06. The summed E-state index contributed by atoms with van der Waals surface area (Å²) in [5, 5.41) is 3.03. The Bertz CT molecular complexity index is 1140. The molecule has 0 radical (unpaired) electrons.